The molecule has 3 aromatic rings. The van der Waals surface area contributed by atoms with Crippen LogP contribution in [0, 0.1) is 11.7 Å². The molecule has 3 N–H and O–H groups in total. The second-order valence-corrected chi connectivity index (χ2v) is 9.47. The highest BCUT2D eigenvalue weighted by Crippen LogP contribution is 2.39. The number of halogens is 2. The highest BCUT2D eigenvalue weighted by atomic mass is 35.5. The van der Waals surface area contributed by atoms with Gasteiger partial charge in [-0.15, -0.1) is 0 Å². The summed E-state index contributed by atoms with van der Waals surface area (Å²) in [5, 5.41) is 3.92. The van der Waals surface area contributed by atoms with Gasteiger partial charge in [-0.2, -0.15) is 0 Å². The Morgan fingerprint density at radius 3 is 2.88 bits per heavy atom. The number of fused-ring (bicyclic) bond motifs is 1. The first-order valence-electron chi connectivity index (χ1n) is 11.1. The van der Waals surface area contributed by atoms with E-state index >= 15 is 0 Å². The van der Waals surface area contributed by atoms with Crippen molar-refractivity contribution in [2.75, 3.05) is 44.4 Å². The lowest BCUT2D eigenvalue weighted by Crippen LogP contribution is -2.42. The summed E-state index contributed by atoms with van der Waals surface area (Å²) in [5.74, 6) is 1.01. The summed E-state index contributed by atoms with van der Waals surface area (Å²) in [7, 11) is 2.16. The van der Waals surface area contributed by atoms with Gasteiger partial charge < -0.3 is 25.4 Å². The van der Waals surface area contributed by atoms with Gasteiger partial charge >= 0.3 is 0 Å². The van der Waals surface area contributed by atoms with E-state index in [2.05, 4.69) is 27.2 Å². The van der Waals surface area contributed by atoms with Crippen molar-refractivity contribution in [1.29, 1.82) is 0 Å². The third-order valence-electron chi connectivity index (χ3n) is 6.61. The molecule has 0 radical (unpaired) electrons. The van der Waals surface area contributed by atoms with Gasteiger partial charge in [0.05, 0.1) is 35.0 Å². The van der Waals surface area contributed by atoms with Gasteiger partial charge in [-0.3, -0.25) is 0 Å². The number of likely N-dealkylation sites (tertiary alicyclic amines) is 1. The molecule has 2 saturated heterocycles. The van der Waals surface area contributed by atoms with Crippen LogP contribution >= 0.6 is 11.6 Å². The number of nitrogens with one attached hydrogen (secondary N) is 1. The number of piperidine rings is 1. The Morgan fingerprint density at radius 1 is 1.27 bits per heavy atom. The van der Waals surface area contributed by atoms with E-state index in [0.717, 1.165) is 37.7 Å². The van der Waals surface area contributed by atoms with Crippen LogP contribution in [0.5, 0.6) is 5.75 Å². The van der Waals surface area contributed by atoms with E-state index in [1.807, 2.05) is 6.07 Å². The molecule has 174 valence electrons. The number of hydrogen-bond donors (Lipinski definition) is 2. The van der Waals surface area contributed by atoms with Gasteiger partial charge in [0, 0.05) is 36.1 Å². The summed E-state index contributed by atoms with van der Waals surface area (Å²) in [5.41, 5.74) is 8.13. The highest BCUT2D eigenvalue weighted by molar-refractivity contribution is 6.31. The molecular weight excluding hydrogens is 445 g/mol. The summed E-state index contributed by atoms with van der Waals surface area (Å²) < 4.78 is 25.8. The fraction of sp³-hybridized carbons (Fsp3) is 0.417. The van der Waals surface area contributed by atoms with Gasteiger partial charge in [0.25, 0.3) is 0 Å². The molecule has 7 nitrogen and oxygen atoms in total. The summed E-state index contributed by atoms with van der Waals surface area (Å²) in [6.07, 6.45) is 4.63. The van der Waals surface area contributed by atoms with Crippen LogP contribution in [0.2, 0.25) is 5.02 Å². The van der Waals surface area contributed by atoms with E-state index in [9.17, 15) is 4.39 Å². The predicted octanol–water partition coefficient (Wildman–Crippen LogP) is 4.63. The molecule has 1 atom stereocenters. The van der Waals surface area contributed by atoms with Gasteiger partial charge in [-0.25, -0.2) is 14.4 Å². The molecular formula is C24H27ClFN5O2. The van der Waals surface area contributed by atoms with Crippen molar-refractivity contribution in [3.63, 3.8) is 0 Å². The Hall–Kier alpha value is -2.68. The molecule has 3 heterocycles. The maximum atomic E-state index is 13.5. The van der Waals surface area contributed by atoms with E-state index in [-0.39, 0.29) is 10.6 Å². The van der Waals surface area contributed by atoms with Crippen LogP contribution in [0.3, 0.4) is 0 Å². The maximum Gasteiger partial charge on any atom is 0.144 e. The molecule has 2 aliphatic rings. The molecule has 0 amide bonds. The third kappa shape index (κ3) is 4.69. The Balaban J connectivity index is 1.29. The smallest absolute Gasteiger partial charge is 0.144 e. The number of rotatable bonds is 5. The molecule has 33 heavy (non-hydrogen) atoms. The molecule has 2 aliphatic heterocycles. The number of nitrogens with zero attached hydrogens (tertiary/aromatic N) is 3. The van der Waals surface area contributed by atoms with Crippen LogP contribution in [-0.4, -0.2) is 53.8 Å². The topological polar surface area (TPSA) is 85.5 Å². The van der Waals surface area contributed by atoms with Crippen LogP contribution in [0.15, 0.2) is 36.7 Å². The summed E-state index contributed by atoms with van der Waals surface area (Å²) >= 11 is 5.89. The largest absolute Gasteiger partial charge is 0.491 e. The first-order valence-corrected chi connectivity index (χ1v) is 11.5. The first kappa shape index (κ1) is 22.1. The standard InChI is InChI=1S/C24H27ClFN5O2/c1-31-6-4-24(5-7-31)11-15(13-33-24)12-32-22-10-21-17(9-20(22)27)23(29-14-28-21)30-16-2-3-19(26)18(25)8-16/h2-3,8-10,14-15H,4-7,11-13,27H2,1H3,(H,28,29,30). The van der Waals surface area contributed by atoms with Crippen molar-refractivity contribution in [1.82, 2.24) is 14.9 Å². The monoisotopic (exact) mass is 471 g/mol. The Bertz CT molecular complexity index is 1170. The van der Waals surface area contributed by atoms with Crippen LogP contribution in [0.25, 0.3) is 10.9 Å². The molecule has 2 fully saturated rings. The number of nitrogen functional groups attached to an aromatic ring is 1. The second-order valence-electron chi connectivity index (χ2n) is 9.06. The van der Waals surface area contributed by atoms with Crippen LogP contribution < -0.4 is 15.8 Å². The zero-order valence-corrected chi connectivity index (χ0v) is 19.2. The van der Waals surface area contributed by atoms with Crippen molar-refractivity contribution in [3.05, 3.63) is 47.5 Å². The number of benzene rings is 2. The zero-order chi connectivity index (χ0) is 23.0. The molecule has 2 aromatic carbocycles. The Kier molecular flexibility index (Phi) is 5.99. The summed E-state index contributed by atoms with van der Waals surface area (Å²) in [6, 6.07) is 8.03. The van der Waals surface area contributed by atoms with Crippen LogP contribution in [-0.2, 0) is 4.74 Å². The number of hydrogen-bond acceptors (Lipinski definition) is 7. The molecule has 0 saturated carbocycles. The molecule has 1 aromatic heterocycles. The number of aromatic nitrogens is 2. The molecule has 5 rings (SSSR count). The van der Waals surface area contributed by atoms with Crippen molar-refractivity contribution in [3.8, 4) is 5.75 Å². The van der Waals surface area contributed by atoms with E-state index in [0.29, 0.717) is 47.6 Å². The van der Waals surface area contributed by atoms with Gasteiger partial charge in [-0.1, -0.05) is 11.6 Å². The van der Waals surface area contributed by atoms with Crippen LogP contribution in [0.4, 0.5) is 21.6 Å². The van der Waals surface area contributed by atoms with E-state index in [4.69, 9.17) is 26.8 Å². The lowest BCUT2D eigenvalue weighted by atomic mass is 9.86. The van der Waals surface area contributed by atoms with Gasteiger partial charge in [0.2, 0.25) is 0 Å². The number of nitrogens with two attached hydrogens (primary N) is 1. The summed E-state index contributed by atoms with van der Waals surface area (Å²) in [6.45, 7) is 3.42. The van der Waals surface area contributed by atoms with Crippen molar-refractivity contribution in [2.24, 2.45) is 5.92 Å². The van der Waals surface area contributed by atoms with Crippen LogP contribution in [0.1, 0.15) is 19.3 Å². The van der Waals surface area contributed by atoms with Crippen molar-refractivity contribution >= 4 is 39.7 Å². The molecule has 9 heteroatoms. The zero-order valence-electron chi connectivity index (χ0n) is 18.5. The quantitative estimate of drug-likeness (QED) is 0.525. The van der Waals surface area contributed by atoms with E-state index in [1.165, 1.54) is 18.5 Å². The first-order chi connectivity index (χ1) is 15.9. The average Bonchev–Trinajstić information content (AvgIpc) is 3.20. The fourth-order valence-electron chi connectivity index (χ4n) is 4.66. The summed E-state index contributed by atoms with van der Waals surface area (Å²) in [4.78, 5) is 11.0. The van der Waals surface area contributed by atoms with Crippen molar-refractivity contribution < 1.29 is 13.9 Å². The minimum atomic E-state index is -0.477. The van der Waals surface area contributed by atoms with E-state index < -0.39 is 5.82 Å². The van der Waals surface area contributed by atoms with Crippen molar-refractivity contribution in [2.45, 2.75) is 24.9 Å². The second kappa shape index (κ2) is 8.93. The maximum absolute atomic E-state index is 13.5. The molecule has 1 spiro atoms. The Morgan fingerprint density at radius 2 is 2.09 bits per heavy atom. The number of anilines is 3. The van der Waals surface area contributed by atoms with E-state index in [1.54, 1.807) is 12.1 Å². The highest BCUT2D eigenvalue weighted by Gasteiger charge is 2.42. The SMILES string of the molecule is CN1CCC2(CC1)CC(COc1cc3ncnc(Nc4ccc(F)c(Cl)c4)c3cc1N)CO2. The third-order valence-corrected chi connectivity index (χ3v) is 6.90. The predicted molar refractivity (Wildman–Crippen MR) is 128 cm³/mol. The lowest BCUT2D eigenvalue weighted by molar-refractivity contribution is -0.0396. The van der Waals surface area contributed by atoms with Gasteiger partial charge in [0.15, 0.2) is 0 Å². The Labute approximate surface area is 197 Å². The fourth-order valence-corrected chi connectivity index (χ4v) is 4.84. The van der Waals surface area contributed by atoms with Gasteiger partial charge in [-0.05, 0) is 50.6 Å². The number of ether oxygens (including phenoxy) is 2. The minimum Gasteiger partial charge on any atom is -0.491 e. The van der Waals surface area contributed by atoms with Gasteiger partial charge in [0.1, 0.15) is 23.7 Å². The minimum absolute atomic E-state index is 0.00646. The molecule has 1 unspecified atom stereocenters. The lowest BCUT2D eigenvalue weighted by Gasteiger charge is -2.37. The molecule has 0 bridgehead atoms. The normalized spacial score (nSPS) is 20.4. The average molecular weight is 472 g/mol. The molecule has 0 aliphatic carbocycles.